The first-order valence-corrected chi connectivity index (χ1v) is 7.23. The third-order valence-electron chi connectivity index (χ3n) is 3.94. The van der Waals surface area contributed by atoms with Gasteiger partial charge in [-0.2, -0.15) is 0 Å². The maximum Gasteiger partial charge on any atom is 0.253 e. The second-order valence-electron chi connectivity index (χ2n) is 5.27. The van der Waals surface area contributed by atoms with Crippen LogP contribution in [0.3, 0.4) is 0 Å². The molecule has 2 aromatic rings. The van der Waals surface area contributed by atoms with Gasteiger partial charge in [-0.05, 0) is 44.5 Å². The van der Waals surface area contributed by atoms with Gasteiger partial charge in [0.1, 0.15) is 0 Å². The van der Waals surface area contributed by atoms with Crippen molar-refractivity contribution in [3.05, 3.63) is 30.1 Å². The van der Waals surface area contributed by atoms with Gasteiger partial charge >= 0.3 is 0 Å². The van der Waals surface area contributed by atoms with Crippen molar-refractivity contribution < 1.29 is 4.79 Å². The number of amides is 1. The van der Waals surface area contributed by atoms with Crippen molar-refractivity contribution in [3.63, 3.8) is 0 Å². The number of likely N-dealkylation sites (N-methyl/N-ethyl adjacent to an activating group) is 1. The summed E-state index contributed by atoms with van der Waals surface area (Å²) in [5, 5.41) is 3.44. The fraction of sp³-hybridized carbons (Fsp3) is 0.467. The molecule has 5 heteroatoms. The van der Waals surface area contributed by atoms with Crippen molar-refractivity contribution in [2.75, 3.05) is 19.6 Å². The molecule has 0 aliphatic carbocycles. The number of carbonyl (C=O) groups excluding carboxylic acids is 1. The molecule has 0 saturated carbocycles. The number of nitrogens with one attached hydrogen (secondary N) is 2. The van der Waals surface area contributed by atoms with Crippen LogP contribution in [0, 0.1) is 0 Å². The van der Waals surface area contributed by atoms with Crippen LogP contribution in [0.5, 0.6) is 0 Å². The van der Waals surface area contributed by atoms with Crippen LogP contribution in [0.4, 0.5) is 0 Å². The number of benzene rings is 1. The van der Waals surface area contributed by atoms with E-state index < -0.39 is 0 Å². The van der Waals surface area contributed by atoms with E-state index in [-0.39, 0.29) is 5.91 Å². The Morgan fingerprint density at radius 1 is 1.50 bits per heavy atom. The van der Waals surface area contributed by atoms with Crippen LogP contribution in [0.2, 0.25) is 0 Å². The molecule has 2 heterocycles. The summed E-state index contributed by atoms with van der Waals surface area (Å²) in [7, 11) is 0. The smallest absolute Gasteiger partial charge is 0.253 e. The lowest BCUT2D eigenvalue weighted by Crippen LogP contribution is -2.41. The van der Waals surface area contributed by atoms with E-state index in [1.165, 1.54) is 6.42 Å². The molecule has 0 bridgehead atoms. The Labute approximate surface area is 118 Å². The summed E-state index contributed by atoms with van der Waals surface area (Å²) in [6.07, 6.45) is 4.01. The van der Waals surface area contributed by atoms with E-state index in [0.29, 0.717) is 6.04 Å². The minimum absolute atomic E-state index is 0.0951. The summed E-state index contributed by atoms with van der Waals surface area (Å²) in [6.45, 7) is 4.62. The Morgan fingerprint density at radius 3 is 3.15 bits per heavy atom. The summed E-state index contributed by atoms with van der Waals surface area (Å²) < 4.78 is 0. The third-order valence-corrected chi connectivity index (χ3v) is 3.94. The molecule has 3 rings (SSSR count). The van der Waals surface area contributed by atoms with Gasteiger partial charge in [-0.25, -0.2) is 4.98 Å². The van der Waals surface area contributed by atoms with Gasteiger partial charge in [-0.1, -0.05) is 0 Å². The van der Waals surface area contributed by atoms with Gasteiger partial charge in [-0.15, -0.1) is 0 Å². The summed E-state index contributed by atoms with van der Waals surface area (Å²) in [5.74, 6) is 0.0951. The number of rotatable bonds is 4. The molecule has 1 aromatic carbocycles. The van der Waals surface area contributed by atoms with Crippen molar-refractivity contribution >= 4 is 16.9 Å². The molecule has 106 valence electrons. The van der Waals surface area contributed by atoms with Crippen LogP contribution in [-0.2, 0) is 0 Å². The molecule has 5 nitrogen and oxygen atoms in total. The maximum absolute atomic E-state index is 12.6. The molecule has 0 radical (unpaired) electrons. The SMILES string of the molecule is CCN(CC1CCCN1)C(=O)c1ccc2nc[nH]c2c1. The number of aromatic nitrogens is 2. The average molecular weight is 272 g/mol. The number of H-pyrrole nitrogens is 1. The van der Waals surface area contributed by atoms with E-state index in [4.69, 9.17) is 0 Å². The Balaban J connectivity index is 1.77. The molecule has 1 fully saturated rings. The van der Waals surface area contributed by atoms with Gasteiger partial charge in [0.25, 0.3) is 5.91 Å². The third kappa shape index (κ3) is 2.54. The molecule has 1 unspecified atom stereocenters. The second-order valence-corrected chi connectivity index (χ2v) is 5.27. The second kappa shape index (κ2) is 5.63. The Morgan fingerprint density at radius 2 is 2.40 bits per heavy atom. The van der Waals surface area contributed by atoms with Crippen molar-refractivity contribution in [2.45, 2.75) is 25.8 Å². The predicted octanol–water partition coefficient (Wildman–Crippen LogP) is 1.78. The number of imidazole rings is 1. The average Bonchev–Trinajstić information content (AvgIpc) is 3.14. The number of carbonyl (C=O) groups is 1. The maximum atomic E-state index is 12.6. The van der Waals surface area contributed by atoms with Crippen molar-refractivity contribution in [3.8, 4) is 0 Å². The summed E-state index contributed by atoms with van der Waals surface area (Å²) >= 11 is 0. The lowest BCUT2D eigenvalue weighted by atomic mass is 10.1. The predicted molar refractivity (Wildman–Crippen MR) is 78.7 cm³/mol. The lowest BCUT2D eigenvalue weighted by Gasteiger charge is -2.24. The standard InChI is InChI=1S/C15H20N4O/c1-2-19(9-12-4-3-7-16-12)15(20)11-5-6-13-14(8-11)18-10-17-13/h5-6,8,10,12,16H,2-4,7,9H2,1H3,(H,17,18). The largest absolute Gasteiger partial charge is 0.345 e. The van der Waals surface area contributed by atoms with Crippen LogP contribution >= 0.6 is 0 Å². The first-order valence-electron chi connectivity index (χ1n) is 7.23. The van der Waals surface area contributed by atoms with Crippen molar-refractivity contribution in [2.24, 2.45) is 0 Å². The normalized spacial score (nSPS) is 18.6. The van der Waals surface area contributed by atoms with Gasteiger partial charge in [0.15, 0.2) is 0 Å². The van der Waals surface area contributed by atoms with Gasteiger partial charge in [0.2, 0.25) is 0 Å². The van der Waals surface area contributed by atoms with Crippen LogP contribution in [-0.4, -0.2) is 46.5 Å². The van der Waals surface area contributed by atoms with Gasteiger partial charge in [-0.3, -0.25) is 4.79 Å². The van der Waals surface area contributed by atoms with E-state index in [1.807, 2.05) is 30.0 Å². The van der Waals surface area contributed by atoms with Gasteiger partial charge < -0.3 is 15.2 Å². The number of hydrogen-bond donors (Lipinski definition) is 2. The van der Waals surface area contributed by atoms with Crippen LogP contribution in [0.25, 0.3) is 11.0 Å². The van der Waals surface area contributed by atoms with Gasteiger partial charge in [0.05, 0.1) is 17.4 Å². The summed E-state index contributed by atoms with van der Waals surface area (Å²) in [5.41, 5.74) is 2.52. The molecular formula is C15H20N4O. The highest BCUT2D eigenvalue weighted by Crippen LogP contribution is 2.15. The van der Waals surface area contributed by atoms with Gasteiger partial charge in [0, 0.05) is 24.7 Å². The van der Waals surface area contributed by atoms with E-state index in [2.05, 4.69) is 15.3 Å². The Bertz CT molecular complexity index is 601. The number of aromatic amines is 1. The molecule has 0 spiro atoms. The number of hydrogen-bond acceptors (Lipinski definition) is 3. The zero-order valence-electron chi connectivity index (χ0n) is 11.7. The molecular weight excluding hydrogens is 252 g/mol. The molecule has 1 aliphatic rings. The zero-order chi connectivity index (χ0) is 13.9. The fourth-order valence-electron chi connectivity index (χ4n) is 2.79. The zero-order valence-corrected chi connectivity index (χ0v) is 11.7. The lowest BCUT2D eigenvalue weighted by molar-refractivity contribution is 0.0751. The van der Waals surface area contributed by atoms with Crippen molar-refractivity contribution in [1.29, 1.82) is 0 Å². The molecule has 1 atom stereocenters. The minimum atomic E-state index is 0.0951. The van der Waals surface area contributed by atoms with Crippen LogP contribution < -0.4 is 5.32 Å². The molecule has 2 N–H and O–H groups in total. The highest BCUT2D eigenvalue weighted by Gasteiger charge is 2.21. The van der Waals surface area contributed by atoms with E-state index in [9.17, 15) is 4.79 Å². The Hall–Kier alpha value is -1.88. The molecule has 1 aliphatic heterocycles. The topological polar surface area (TPSA) is 61.0 Å². The van der Waals surface area contributed by atoms with E-state index >= 15 is 0 Å². The first kappa shape index (κ1) is 13.1. The number of nitrogens with zero attached hydrogens (tertiary/aromatic N) is 2. The van der Waals surface area contributed by atoms with E-state index in [1.54, 1.807) is 6.33 Å². The molecule has 20 heavy (non-hydrogen) atoms. The van der Waals surface area contributed by atoms with Crippen LogP contribution in [0.15, 0.2) is 24.5 Å². The quantitative estimate of drug-likeness (QED) is 0.892. The highest BCUT2D eigenvalue weighted by atomic mass is 16.2. The Kier molecular flexibility index (Phi) is 3.69. The highest BCUT2D eigenvalue weighted by molar-refractivity contribution is 5.97. The summed E-state index contributed by atoms with van der Waals surface area (Å²) in [6, 6.07) is 6.07. The molecule has 1 amide bonds. The monoisotopic (exact) mass is 272 g/mol. The molecule has 1 saturated heterocycles. The first-order chi connectivity index (χ1) is 9.78. The van der Waals surface area contributed by atoms with Crippen molar-refractivity contribution in [1.82, 2.24) is 20.2 Å². The molecule has 1 aromatic heterocycles. The van der Waals surface area contributed by atoms with Crippen LogP contribution in [0.1, 0.15) is 30.1 Å². The summed E-state index contributed by atoms with van der Waals surface area (Å²) in [4.78, 5) is 21.7. The fourth-order valence-corrected chi connectivity index (χ4v) is 2.79. The number of fused-ring (bicyclic) bond motifs is 1. The van der Waals surface area contributed by atoms with E-state index in [0.717, 1.165) is 42.7 Å². The minimum Gasteiger partial charge on any atom is -0.345 e.